The van der Waals surface area contributed by atoms with Gasteiger partial charge in [0.2, 0.25) is 5.91 Å². The number of carbonyl (C=O) groups is 1. The third-order valence-electron chi connectivity index (χ3n) is 2.35. The fraction of sp³-hybridized carbons (Fsp3) is 0.909. The number of hydrogen-bond acceptors (Lipinski definition) is 4. The van der Waals surface area contributed by atoms with Gasteiger partial charge in [-0.3, -0.25) is 4.79 Å². The molecule has 0 fully saturated rings. The molecule has 96 valence electrons. The lowest BCUT2D eigenvalue weighted by molar-refractivity contribution is -0.121. The lowest BCUT2D eigenvalue weighted by atomic mass is 10.1. The monoisotopic (exact) mass is 232 g/mol. The summed E-state index contributed by atoms with van der Waals surface area (Å²) in [5, 5.41) is 14.9. The van der Waals surface area contributed by atoms with Crippen LogP contribution < -0.4 is 10.6 Å². The van der Waals surface area contributed by atoms with Gasteiger partial charge in [-0.05, 0) is 12.8 Å². The van der Waals surface area contributed by atoms with E-state index in [0.717, 1.165) is 0 Å². The molecule has 16 heavy (non-hydrogen) atoms. The van der Waals surface area contributed by atoms with Crippen LogP contribution in [0.15, 0.2) is 0 Å². The van der Waals surface area contributed by atoms with Crippen LogP contribution in [0.4, 0.5) is 0 Å². The van der Waals surface area contributed by atoms with Gasteiger partial charge in [-0.15, -0.1) is 0 Å². The highest BCUT2D eigenvalue weighted by Gasteiger charge is 2.13. The second-order valence-corrected chi connectivity index (χ2v) is 4.34. The molecule has 0 rings (SSSR count). The van der Waals surface area contributed by atoms with Crippen LogP contribution in [0.5, 0.6) is 0 Å². The fourth-order valence-corrected chi connectivity index (χ4v) is 1.35. The molecule has 5 nitrogen and oxygen atoms in total. The minimum atomic E-state index is -0.0800. The average molecular weight is 232 g/mol. The number of nitrogens with one attached hydrogen (secondary N) is 2. The lowest BCUT2D eigenvalue weighted by Crippen LogP contribution is -2.46. The quantitative estimate of drug-likeness (QED) is 0.539. The van der Waals surface area contributed by atoms with Crippen LogP contribution in [0.1, 0.15) is 20.8 Å². The Balaban J connectivity index is 3.79. The van der Waals surface area contributed by atoms with Gasteiger partial charge in [-0.25, -0.2) is 0 Å². The van der Waals surface area contributed by atoms with Gasteiger partial charge in [-0.1, -0.05) is 13.8 Å². The molecule has 2 unspecified atom stereocenters. The zero-order valence-electron chi connectivity index (χ0n) is 10.6. The molecule has 0 aromatic rings. The van der Waals surface area contributed by atoms with E-state index in [4.69, 9.17) is 9.84 Å². The summed E-state index contributed by atoms with van der Waals surface area (Å²) in [5.74, 6) is 0.220. The van der Waals surface area contributed by atoms with E-state index in [9.17, 15) is 4.79 Å². The largest absolute Gasteiger partial charge is 0.395 e. The van der Waals surface area contributed by atoms with Crippen molar-refractivity contribution < 1.29 is 14.6 Å². The van der Waals surface area contributed by atoms with Crippen molar-refractivity contribution in [1.82, 2.24) is 10.6 Å². The summed E-state index contributed by atoms with van der Waals surface area (Å²) < 4.78 is 4.91. The van der Waals surface area contributed by atoms with Crippen molar-refractivity contribution in [3.63, 3.8) is 0 Å². The van der Waals surface area contributed by atoms with Crippen molar-refractivity contribution in [2.45, 2.75) is 32.9 Å². The van der Waals surface area contributed by atoms with Gasteiger partial charge in [0, 0.05) is 19.2 Å². The molecule has 0 spiro atoms. The Kier molecular flexibility index (Phi) is 8.15. The highest BCUT2D eigenvalue weighted by atomic mass is 16.5. The van der Waals surface area contributed by atoms with E-state index in [1.54, 1.807) is 7.11 Å². The smallest absolute Gasteiger partial charge is 0.234 e. The second kappa shape index (κ2) is 8.50. The maximum absolute atomic E-state index is 11.5. The number of hydrogen-bond donors (Lipinski definition) is 3. The standard InChI is InChI=1S/C11H24N2O3/c1-8(2)10(6-14)12-5-11(15)13-9(3)7-16-4/h8-10,12,14H,5-7H2,1-4H3,(H,13,15). The van der Waals surface area contributed by atoms with Crippen molar-refractivity contribution in [3.8, 4) is 0 Å². The molecule has 0 bridgehead atoms. The Labute approximate surface area is 97.6 Å². The Morgan fingerprint density at radius 1 is 1.38 bits per heavy atom. The molecule has 5 heteroatoms. The molecule has 0 saturated carbocycles. The summed E-state index contributed by atoms with van der Waals surface area (Å²) in [6.07, 6.45) is 0. The highest BCUT2D eigenvalue weighted by Crippen LogP contribution is 1.99. The van der Waals surface area contributed by atoms with Gasteiger partial charge in [0.05, 0.1) is 19.8 Å². The Hall–Kier alpha value is -0.650. The molecular weight excluding hydrogens is 208 g/mol. The molecule has 0 radical (unpaired) electrons. The SMILES string of the molecule is COCC(C)NC(=O)CNC(CO)C(C)C. The summed E-state index contributed by atoms with van der Waals surface area (Å²) in [6.45, 7) is 6.64. The molecule has 2 atom stereocenters. The number of aliphatic hydroxyl groups excluding tert-OH is 1. The van der Waals surface area contributed by atoms with E-state index in [1.807, 2.05) is 20.8 Å². The first-order valence-corrected chi connectivity index (χ1v) is 5.63. The maximum atomic E-state index is 11.5. The molecule has 0 aliphatic heterocycles. The summed E-state index contributed by atoms with van der Waals surface area (Å²) in [4.78, 5) is 11.5. The topological polar surface area (TPSA) is 70.6 Å². The zero-order valence-corrected chi connectivity index (χ0v) is 10.6. The summed E-state index contributed by atoms with van der Waals surface area (Å²) in [5.41, 5.74) is 0. The Morgan fingerprint density at radius 2 is 2.00 bits per heavy atom. The van der Waals surface area contributed by atoms with Crippen LogP contribution in [-0.4, -0.2) is 50.0 Å². The summed E-state index contributed by atoms with van der Waals surface area (Å²) in [6, 6.07) is -0.0330. The normalized spacial score (nSPS) is 14.9. The van der Waals surface area contributed by atoms with E-state index in [2.05, 4.69) is 10.6 Å². The van der Waals surface area contributed by atoms with E-state index >= 15 is 0 Å². The Bertz CT molecular complexity index is 198. The molecule has 1 amide bonds. The first-order valence-electron chi connectivity index (χ1n) is 5.63. The van der Waals surface area contributed by atoms with E-state index in [-0.39, 0.29) is 31.1 Å². The number of carbonyl (C=O) groups excluding carboxylic acids is 1. The van der Waals surface area contributed by atoms with Gasteiger partial charge < -0.3 is 20.5 Å². The Morgan fingerprint density at radius 3 is 2.44 bits per heavy atom. The molecule has 0 aromatic carbocycles. The number of amides is 1. The van der Waals surface area contributed by atoms with E-state index < -0.39 is 0 Å². The van der Waals surface area contributed by atoms with Crippen LogP contribution in [0, 0.1) is 5.92 Å². The van der Waals surface area contributed by atoms with E-state index in [1.165, 1.54) is 0 Å². The van der Waals surface area contributed by atoms with Crippen molar-refractivity contribution in [1.29, 1.82) is 0 Å². The van der Waals surface area contributed by atoms with Gasteiger partial charge >= 0.3 is 0 Å². The maximum Gasteiger partial charge on any atom is 0.234 e. The first kappa shape index (κ1) is 15.3. The van der Waals surface area contributed by atoms with Crippen LogP contribution in [-0.2, 0) is 9.53 Å². The van der Waals surface area contributed by atoms with Crippen LogP contribution in [0.25, 0.3) is 0 Å². The minimum absolute atomic E-state index is 0.00549. The zero-order chi connectivity index (χ0) is 12.6. The lowest BCUT2D eigenvalue weighted by Gasteiger charge is -2.20. The van der Waals surface area contributed by atoms with Crippen molar-refractivity contribution >= 4 is 5.91 Å². The molecule has 3 N–H and O–H groups in total. The molecular formula is C11H24N2O3. The third-order valence-corrected chi connectivity index (χ3v) is 2.35. The van der Waals surface area contributed by atoms with Crippen LogP contribution in [0.2, 0.25) is 0 Å². The number of methoxy groups -OCH3 is 1. The molecule has 0 aliphatic carbocycles. The van der Waals surface area contributed by atoms with Crippen molar-refractivity contribution in [2.75, 3.05) is 26.9 Å². The molecule has 0 saturated heterocycles. The molecule has 0 heterocycles. The van der Waals surface area contributed by atoms with E-state index in [0.29, 0.717) is 12.5 Å². The van der Waals surface area contributed by atoms with Gasteiger partial charge in [0.1, 0.15) is 0 Å². The fourth-order valence-electron chi connectivity index (χ4n) is 1.35. The number of rotatable bonds is 8. The molecule has 0 aliphatic rings. The summed E-state index contributed by atoms with van der Waals surface area (Å²) in [7, 11) is 1.60. The van der Waals surface area contributed by atoms with Gasteiger partial charge in [0.15, 0.2) is 0 Å². The molecule has 0 aromatic heterocycles. The second-order valence-electron chi connectivity index (χ2n) is 4.34. The highest BCUT2D eigenvalue weighted by molar-refractivity contribution is 5.78. The number of aliphatic hydroxyl groups is 1. The average Bonchev–Trinajstić information content (AvgIpc) is 2.18. The van der Waals surface area contributed by atoms with Gasteiger partial charge in [0.25, 0.3) is 0 Å². The number of ether oxygens (including phenoxy) is 1. The predicted octanol–water partition coefficient (Wildman–Crippen LogP) is -0.256. The van der Waals surface area contributed by atoms with Gasteiger partial charge in [-0.2, -0.15) is 0 Å². The van der Waals surface area contributed by atoms with Crippen molar-refractivity contribution in [3.05, 3.63) is 0 Å². The third kappa shape index (κ3) is 6.76. The van der Waals surface area contributed by atoms with Crippen LogP contribution >= 0.6 is 0 Å². The minimum Gasteiger partial charge on any atom is -0.395 e. The first-order chi connectivity index (χ1) is 7.51. The van der Waals surface area contributed by atoms with Crippen LogP contribution in [0.3, 0.4) is 0 Å². The van der Waals surface area contributed by atoms with Crippen molar-refractivity contribution in [2.24, 2.45) is 5.92 Å². The predicted molar refractivity (Wildman–Crippen MR) is 63.2 cm³/mol. The summed E-state index contributed by atoms with van der Waals surface area (Å²) >= 11 is 0.